The van der Waals surface area contributed by atoms with Gasteiger partial charge in [-0.15, -0.1) is 11.3 Å². The van der Waals surface area contributed by atoms with Crippen molar-refractivity contribution in [3.05, 3.63) is 39.4 Å². The Hall–Kier alpha value is -2.35. The van der Waals surface area contributed by atoms with Gasteiger partial charge in [-0.1, -0.05) is 13.8 Å². The number of carboxylic acids is 1. The Labute approximate surface area is 144 Å². The van der Waals surface area contributed by atoms with E-state index in [0.29, 0.717) is 5.92 Å². The number of carbonyl (C=O) groups is 2. The van der Waals surface area contributed by atoms with Crippen LogP contribution >= 0.6 is 11.3 Å². The van der Waals surface area contributed by atoms with Crippen LogP contribution in [-0.2, 0) is 0 Å². The molecule has 0 aliphatic carbocycles. The zero-order valence-corrected chi connectivity index (χ0v) is 15.1. The summed E-state index contributed by atoms with van der Waals surface area (Å²) in [4.78, 5) is 38.2. The quantitative estimate of drug-likeness (QED) is 0.892. The van der Waals surface area contributed by atoms with E-state index in [4.69, 9.17) is 5.11 Å². The van der Waals surface area contributed by atoms with Gasteiger partial charge in [-0.05, 0) is 13.8 Å². The number of hydrogen-bond acceptors (Lipinski definition) is 6. The van der Waals surface area contributed by atoms with Crippen molar-refractivity contribution in [2.45, 2.75) is 39.7 Å². The Kier molecular flexibility index (Phi) is 5.28. The fourth-order valence-corrected chi connectivity index (χ4v) is 3.31. The largest absolute Gasteiger partial charge is 0.476 e. The summed E-state index contributed by atoms with van der Waals surface area (Å²) >= 11 is 1.60. The van der Waals surface area contributed by atoms with Crippen LogP contribution in [0.4, 0.5) is 0 Å². The second-order valence-corrected chi connectivity index (χ2v) is 6.90. The zero-order chi connectivity index (χ0) is 18.0. The number of aromatic nitrogens is 3. The van der Waals surface area contributed by atoms with Crippen LogP contribution in [-0.4, -0.2) is 43.9 Å². The number of aromatic carboxylic acids is 1. The predicted molar refractivity (Wildman–Crippen MR) is 90.4 cm³/mol. The molecule has 0 fully saturated rings. The topological polar surface area (TPSA) is 96.3 Å². The molecular weight excluding hydrogens is 328 g/mol. The summed E-state index contributed by atoms with van der Waals surface area (Å²) < 4.78 is 0. The lowest BCUT2D eigenvalue weighted by Crippen LogP contribution is -2.30. The van der Waals surface area contributed by atoms with Crippen LogP contribution in [0.2, 0.25) is 0 Å². The van der Waals surface area contributed by atoms with Crippen LogP contribution in [0.25, 0.3) is 0 Å². The number of hydrogen-bond donors (Lipinski definition) is 1. The molecule has 7 nitrogen and oxygen atoms in total. The van der Waals surface area contributed by atoms with E-state index in [0.717, 1.165) is 21.8 Å². The monoisotopic (exact) mass is 348 g/mol. The van der Waals surface area contributed by atoms with Gasteiger partial charge in [-0.25, -0.2) is 19.7 Å². The van der Waals surface area contributed by atoms with E-state index >= 15 is 0 Å². The molecule has 0 aliphatic rings. The van der Waals surface area contributed by atoms with Gasteiger partial charge in [0.1, 0.15) is 5.69 Å². The highest BCUT2D eigenvalue weighted by Gasteiger charge is 2.24. The van der Waals surface area contributed by atoms with Crippen LogP contribution in [0.15, 0.2) is 12.4 Å². The predicted octanol–water partition coefficient (Wildman–Crippen LogP) is 2.90. The summed E-state index contributed by atoms with van der Waals surface area (Å²) in [7, 11) is 1.69. The molecule has 2 aromatic heterocycles. The van der Waals surface area contributed by atoms with Gasteiger partial charge in [0.2, 0.25) is 0 Å². The van der Waals surface area contributed by atoms with E-state index in [1.54, 1.807) is 23.3 Å². The first-order valence-electron chi connectivity index (χ1n) is 7.52. The molecule has 0 bridgehead atoms. The maximum absolute atomic E-state index is 12.6. The number of nitrogens with zero attached hydrogens (tertiary/aromatic N) is 4. The lowest BCUT2D eigenvalue weighted by atomic mass is 10.2. The Morgan fingerprint density at radius 1 is 1.17 bits per heavy atom. The standard InChI is InChI=1S/C16H20N4O3S/c1-8(2)14-19-9(3)13(24-14)10(4)20(5)15(21)11-6-18-12(7-17-11)16(22)23/h6-8,10H,1-5H3,(H,22,23). The summed E-state index contributed by atoms with van der Waals surface area (Å²) in [5.74, 6) is -1.15. The van der Waals surface area contributed by atoms with Crippen molar-refractivity contribution < 1.29 is 14.7 Å². The molecule has 0 spiro atoms. The first kappa shape index (κ1) is 18.0. The van der Waals surface area contributed by atoms with Gasteiger partial charge in [-0.3, -0.25) is 4.79 Å². The fourth-order valence-electron chi connectivity index (χ4n) is 2.15. The molecule has 0 aromatic carbocycles. The molecule has 1 amide bonds. The highest BCUT2D eigenvalue weighted by molar-refractivity contribution is 7.11. The molecule has 0 radical (unpaired) electrons. The second kappa shape index (κ2) is 7.04. The number of carboxylic acid groups (broad SMARTS) is 1. The van der Waals surface area contributed by atoms with Crippen molar-refractivity contribution in [2.24, 2.45) is 0 Å². The summed E-state index contributed by atoms with van der Waals surface area (Å²) in [6, 6.07) is -0.163. The van der Waals surface area contributed by atoms with Gasteiger partial charge in [-0.2, -0.15) is 0 Å². The molecule has 2 aromatic rings. The van der Waals surface area contributed by atoms with Gasteiger partial charge in [0.25, 0.3) is 5.91 Å². The Morgan fingerprint density at radius 3 is 2.21 bits per heavy atom. The maximum Gasteiger partial charge on any atom is 0.356 e. The molecule has 2 rings (SSSR count). The molecule has 128 valence electrons. The summed E-state index contributed by atoms with van der Waals surface area (Å²) in [6.07, 6.45) is 2.27. The number of amides is 1. The molecule has 1 N–H and O–H groups in total. The van der Waals surface area contributed by atoms with Crippen LogP contribution in [0.1, 0.15) is 69.3 Å². The van der Waals surface area contributed by atoms with Crippen LogP contribution in [0.3, 0.4) is 0 Å². The van der Waals surface area contributed by atoms with Gasteiger partial charge >= 0.3 is 5.97 Å². The van der Waals surface area contributed by atoms with Crippen molar-refractivity contribution in [3.63, 3.8) is 0 Å². The van der Waals surface area contributed by atoms with E-state index in [9.17, 15) is 9.59 Å². The highest BCUT2D eigenvalue weighted by Crippen LogP contribution is 2.32. The van der Waals surface area contributed by atoms with E-state index in [2.05, 4.69) is 28.8 Å². The third-order valence-corrected chi connectivity index (χ3v) is 5.34. The van der Waals surface area contributed by atoms with E-state index in [-0.39, 0.29) is 23.3 Å². The molecule has 0 aliphatic heterocycles. The average molecular weight is 348 g/mol. The molecule has 2 heterocycles. The first-order valence-corrected chi connectivity index (χ1v) is 8.33. The number of aryl methyl sites for hydroxylation is 1. The van der Waals surface area contributed by atoms with Gasteiger partial charge < -0.3 is 10.0 Å². The Balaban J connectivity index is 2.22. The van der Waals surface area contributed by atoms with Crippen molar-refractivity contribution >= 4 is 23.2 Å². The lowest BCUT2D eigenvalue weighted by Gasteiger charge is -2.24. The summed E-state index contributed by atoms with van der Waals surface area (Å²) in [6.45, 7) is 8.04. The Bertz CT molecular complexity index is 755. The molecule has 24 heavy (non-hydrogen) atoms. The number of carbonyl (C=O) groups excluding carboxylic acids is 1. The molecule has 0 saturated heterocycles. The minimum absolute atomic E-state index is 0.112. The van der Waals surface area contributed by atoms with Crippen molar-refractivity contribution in [1.82, 2.24) is 19.9 Å². The van der Waals surface area contributed by atoms with Crippen LogP contribution in [0, 0.1) is 6.92 Å². The SMILES string of the molecule is Cc1nc(C(C)C)sc1C(C)N(C)C(=O)c1cnc(C(=O)O)cn1. The molecule has 0 saturated carbocycles. The normalized spacial score (nSPS) is 12.2. The second-order valence-electron chi connectivity index (χ2n) is 5.84. The Morgan fingerprint density at radius 2 is 1.75 bits per heavy atom. The van der Waals surface area contributed by atoms with Crippen LogP contribution < -0.4 is 0 Å². The number of thiazole rings is 1. The lowest BCUT2D eigenvalue weighted by molar-refractivity contribution is 0.0684. The number of rotatable bonds is 5. The minimum atomic E-state index is -1.18. The zero-order valence-electron chi connectivity index (χ0n) is 14.3. The van der Waals surface area contributed by atoms with Crippen molar-refractivity contribution in [3.8, 4) is 0 Å². The highest BCUT2D eigenvalue weighted by atomic mass is 32.1. The van der Waals surface area contributed by atoms with E-state index in [1.165, 1.54) is 6.20 Å². The van der Waals surface area contributed by atoms with Crippen molar-refractivity contribution in [1.29, 1.82) is 0 Å². The summed E-state index contributed by atoms with van der Waals surface area (Å²) in [5, 5.41) is 9.88. The molecule has 1 atom stereocenters. The van der Waals surface area contributed by atoms with E-state index in [1.807, 2.05) is 13.8 Å². The fraction of sp³-hybridized carbons (Fsp3) is 0.438. The molecule has 8 heteroatoms. The van der Waals surface area contributed by atoms with Crippen LogP contribution in [0.5, 0.6) is 0 Å². The third kappa shape index (κ3) is 3.59. The van der Waals surface area contributed by atoms with Gasteiger partial charge in [0, 0.05) is 17.8 Å². The van der Waals surface area contributed by atoms with Gasteiger partial charge in [0.05, 0.1) is 29.1 Å². The molecular formula is C16H20N4O3S. The van der Waals surface area contributed by atoms with E-state index < -0.39 is 5.97 Å². The first-order chi connectivity index (χ1) is 11.2. The van der Waals surface area contributed by atoms with Gasteiger partial charge in [0.15, 0.2) is 5.69 Å². The average Bonchev–Trinajstić information content (AvgIpc) is 2.95. The molecule has 1 unspecified atom stereocenters. The van der Waals surface area contributed by atoms with Crippen molar-refractivity contribution in [2.75, 3.05) is 7.05 Å². The minimum Gasteiger partial charge on any atom is -0.476 e. The third-order valence-electron chi connectivity index (χ3n) is 3.71. The smallest absolute Gasteiger partial charge is 0.356 e. The maximum atomic E-state index is 12.6. The summed E-state index contributed by atoms with van der Waals surface area (Å²) in [5.41, 5.74) is 0.839.